The Kier molecular flexibility index (Phi) is 16.7. The van der Waals surface area contributed by atoms with Crippen molar-refractivity contribution in [3.8, 4) is 0 Å². The van der Waals surface area contributed by atoms with Gasteiger partial charge in [-0.25, -0.2) is 0 Å². The van der Waals surface area contributed by atoms with Crippen molar-refractivity contribution in [2.45, 2.75) is 58.8 Å². The third kappa shape index (κ3) is 20.9. The fourth-order valence-electron chi connectivity index (χ4n) is 1.86. The molecule has 22 heavy (non-hydrogen) atoms. The van der Waals surface area contributed by atoms with E-state index in [0.29, 0.717) is 13.1 Å². The maximum atomic E-state index is 9.88. The van der Waals surface area contributed by atoms with Gasteiger partial charge in [-0.15, -0.1) is 6.58 Å². The van der Waals surface area contributed by atoms with Crippen LogP contribution < -0.4 is 5.32 Å². The standard InChI is InChI=1S/C9H16O2.C5H10.C3H7NO2/c1-4-5-6-9(2,3)7-11-8-10;1-2-4-5-3-1;1-4-2-3(5)6/h4,8H,1,5-7H2,2-3H3;1-5H2;4H,2H2,1H3,(H,5,6). The fourth-order valence-corrected chi connectivity index (χ4v) is 1.86. The lowest BCUT2D eigenvalue weighted by Crippen LogP contribution is -2.18. The minimum atomic E-state index is -0.822. The summed E-state index contributed by atoms with van der Waals surface area (Å²) in [4.78, 5) is 19.4. The molecule has 0 atom stereocenters. The first kappa shape index (κ1) is 22.9. The van der Waals surface area contributed by atoms with Crippen LogP contribution in [0.5, 0.6) is 0 Å². The second-order valence-electron chi connectivity index (χ2n) is 6.09. The Hall–Kier alpha value is -1.36. The summed E-state index contributed by atoms with van der Waals surface area (Å²) in [6.07, 6.45) is 11.3. The van der Waals surface area contributed by atoms with Gasteiger partial charge in [-0.3, -0.25) is 9.59 Å². The zero-order valence-corrected chi connectivity index (χ0v) is 14.4. The van der Waals surface area contributed by atoms with Crippen LogP contribution in [0.4, 0.5) is 0 Å². The highest BCUT2D eigenvalue weighted by Crippen LogP contribution is 2.22. The normalized spacial score (nSPS) is 13.0. The van der Waals surface area contributed by atoms with Gasteiger partial charge in [0.2, 0.25) is 0 Å². The Morgan fingerprint density at radius 3 is 2.05 bits per heavy atom. The number of rotatable bonds is 8. The molecule has 1 saturated carbocycles. The van der Waals surface area contributed by atoms with Crippen molar-refractivity contribution >= 4 is 12.4 Å². The lowest BCUT2D eigenvalue weighted by Gasteiger charge is -2.21. The molecule has 0 radical (unpaired) electrons. The SMILES string of the molecule is C1CCCC1.C=CCCC(C)(C)COC=O.CNCC(=O)O. The molecule has 0 bridgehead atoms. The van der Waals surface area contributed by atoms with Gasteiger partial charge in [0.25, 0.3) is 6.47 Å². The highest BCUT2D eigenvalue weighted by molar-refractivity contribution is 5.68. The number of aliphatic carboxylic acids is 1. The van der Waals surface area contributed by atoms with E-state index in [1.54, 1.807) is 7.05 Å². The number of likely N-dealkylation sites (N-methyl/N-ethyl adjacent to an activating group) is 1. The number of nitrogens with one attached hydrogen (secondary N) is 1. The summed E-state index contributed by atoms with van der Waals surface area (Å²) in [6, 6.07) is 0. The van der Waals surface area contributed by atoms with Gasteiger partial charge in [0.15, 0.2) is 0 Å². The van der Waals surface area contributed by atoms with Gasteiger partial charge in [0, 0.05) is 0 Å². The summed E-state index contributed by atoms with van der Waals surface area (Å²) < 4.78 is 4.68. The Labute approximate surface area is 135 Å². The van der Waals surface area contributed by atoms with Crippen molar-refractivity contribution in [2.75, 3.05) is 20.2 Å². The molecule has 0 heterocycles. The van der Waals surface area contributed by atoms with Crippen molar-refractivity contribution in [3.63, 3.8) is 0 Å². The molecule has 0 aromatic heterocycles. The average molecular weight is 315 g/mol. The van der Waals surface area contributed by atoms with E-state index in [4.69, 9.17) is 5.11 Å². The van der Waals surface area contributed by atoms with E-state index in [-0.39, 0.29) is 12.0 Å². The molecule has 1 fully saturated rings. The number of carboxylic acids is 1. The molecule has 2 N–H and O–H groups in total. The van der Waals surface area contributed by atoms with Gasteiger partial charge in [0.05, 0.1) is 13.2 Å². The van der Waals surface area contributed by atoms with Crippen molar-refractivity contribution in [1.82, 2.24) is 5.32 Å². The molecule has 1 aliphatic carbocycles. The number of carboxylic acid groups (broad SMARTS) is 1. The van der Waals surface area contributed by atoms with Gasteiger partial charge in [-0.2, -0.15) is 0 Å². The maximum absolute atomic E-state index is 9.88. The Morgan fingerprint density at radius 2 is 1.77 bits per heavy atom. The Balaban J connectivity index is 0. The smallest absolute Gasteiger partial charge is 0.317 e. The predicted octanol–water partition coefficient (Wildman–Crippen LogP) is 3.39. The van der Waals surface area contributed by atoms with Crippen LogP contribution in [0.25, 0.3) is 0 Å². The zero-order chi connectivity index (χ0) is 17.3. The quantitative estimate of drug-likeness (QED) is 0.530. The van der Waals surface area contributed by atoms with Crippen molar-refractivity contribution < 1.29 is 19.4 Å². The highest BCUT2D eigenvalue weighted by atomic mass is 16.5. The molecule has 0 saturated heterocycles. The molecule has 1 aliphatic rings. The number of ether oxygens (including phenoxy) is 1. The molecule has 5 nitrogen and oxygen atoms in total. The van der Waals surface area contributed by atoms with E-state index >= 15 is 0 Å². The average Bonchev–Trinajstić information content (AvgIpc) is 3.03. The lowest BCUT2D eigenvalue weighted by molar-refractivity contribution is -0.136. The summed E-state index contributed by atoms with van der Waals surface area (Å²) >= 11 is 0. The molecule has 130 valence electrons. The number of carbonyl (C=O) groups excluding carboxylic acids is 1. The van der Waals surface area contributed by atoms with Crippen LogP contribution >= 0.6 is 0 Å². The Bertz CT molecular complexity index is 265. The first-order chi connectivity index (χ1) is 10.4. The molecular formula is C17H33NO4. The summed E-state index contributed by atoms with van der Waals surface area (Å²) in [6.45, 7) is 8.80. The monoisotopic (exact) mass is 315 g/mol. The number of hydrogen-bond acceptors (Lipinski definition) is 4. The molecule has 0 amide bonds. The van der Waals surface area contributed by atoms with Crippen LogP contribution in [-0.2, 0) is 14.3 Å². The molecule has 0 spiro atoms. The minimum Gasteiger partial charge on any atom is -0.480 e. The minimum absolute atomic E-state index is 0.0417. The van der Waals surface area contributed by atoms with E-state index in [0.717, 1.165) is 12.8 Å². The summed E-state index contributed by atoms with van der Waals surface area (Å²) in [7, 11) is 1.59. The van der Waals surface area contributed by atoms with Crippen LogP contribution in [0.3, 0.4) is 0 Å². The molecular weight excluding hydrogens is 282 g/mol. The first-order valence-electron chi connectivity index (χ1n) is 7.92. The zero-order valence-electron chi connectivity index (χ0n) is 14.4. The van der Waals surface area contributed by atoms with E-state index in [2.05, 4.69) is 30.5 Å². The van der Waals surface area contributed by atoms with Crippen molar-refractivity contribution in [1.29, 1.82) is 0 Å². The summed E-state index contributed by atoms with van der Waals surface area (Å²) in [5.41, 5.74) is 0.0785. The summed E-state index contributed by atoms with van der Waals surface area (Å²) in [5.74, 6) is -0.822. The molecule has 0 unspecified atom stereocenters. The number of hydrogen-bond donors (Lipinski definition) is 2. The van der Waals surface area contributed by atoms with Gasteiger partial charge < -0.3 is 15.2 Å². The van der Waals surface area contributed by atoms with Crippen molar-refractivity contribution in [2.24, 2.45) is 5.41 Å². The molecule has 0 aliphatic heterocycles. The van der Waals surface area contributed by atoms with Crippen molar-refractivity contribution in [3.05, 3.63) is 12.7 Å². The largest absolute Gasteiger partial charge is 0.480 e. The van der Waals surface area contributed by atoms with E-state index < -0.39 is 5.97 Å². The first-order valence-corrected chi connectivity index (χ1v) is 7.92. The highest BCUT2D eigenvalue weighted by Gasteiger charge is 2.16. The van der Waals surface area contributed by atoms with Crippen LogP contribution in [-0.4, -0.2) is 37.7 Å². The van der Waals surface area contributed by atoms with Crippen LogP contribution in [0.2, 0.25) is 0 Å². The van der Waals surface area contributed by atoms with E-state index in [1.165, 1.54) is 32.1 Å². The van der Waals surface area contributed by atoms with E-state index in [9.17, 15) is 9.59 Å². The fraction of sp³-hybridized carbons (Fsp3) is 0.765. The Morgan fingerprint density at radius 1 is 1.27 bits per heavy atom. The number of carbonyl (C=O) groups is 2. The van der Waals surface area contributed by atoms with Crippen LogP contribution in [0, 0.1) is 5.41 Å². The molecule has 5 heteroatoms. The molecule has 0 aromatic rings. The molecule has 1 rings (SSSR count). The predicted molar refractivity (Wildman–Crippen MR) is 89.9 cm³/mol. The van der Waals surface area contributed by atoms with E-state index in [1.807, 2.05) is 6.08 Å². The van der Waals surface area contributed by atoms with Crippen LogP contribution in [0.1, 0.15) is 58.8 Å². The van der Waals surface area contributed by atoms with Gasteiger partial charge >= 0.3 is 5.97 Å². The third-order valence-electron chi connectivity index (χ3n) is 3.15. The van der Waals surface area contributed by atoms with Gasteiger partial charge in [-0.05, 0) is 25.3 Å². The topological polar surface area (TPSA) is 75.6 Å². The lowest BCUT2D eigenvalue weighted by atomic mass is 9.89. The number of allylic oxidation sites excluding steroid dienone is 1. The van der Waals surface area contributed by atoms with Crippen LogP contribution in [0.15, 0.2) is 12.7 Å². The second-order valence-corrected chi connectivity index (χ2v) is 6.09. The van der Waals surface area contributed by atoms with Gasteiger partial charge in [-0.1, -0.05) is 52.0 Å². The second kappa shape index (κ2) is 16.0. The maximum Gasteiger partial charge on any atom is 0.317 e. The van der Waals surface area contributed by atoms with Gasteiger partial charge in [0.1, 0.15) is 0 Å². The summed E-state index contributed by atoms with van der Waals surface area (Å²) in [5, 5.41) is 10.3. The molecule has 0 aromatic carbocycles. The third-order valence-corrected chi connectivity index (χ3v) is 3.15.